The molecule has 0 saturated carbocycles. The summed E-state index contributed by atoms with van der Waals surface area (Å²) in [6.45, 7) is 16.1. The normalized spacial score (nSPS) is 46.2. The molecular weight excluding hydrogens is 596 g/mol. The molecule has 0 bridgehead atoms. The minimum atomic E-state index is -0.926. The maximum Gasteiger partial charge on any atom is 0.143 e. The minimum absolute atomic E-state index is 0.0469. The zero-order valence-electron chi connectivity index (χ0n) is 29.6. The van der Waals surface area contributed by atoms with E-state index in [2.05, 4.69) is 39.5 Å². The average molecular weight is 657 g/mol. The third-order valence-electron chi connectivity index (χ3n) is 11.9. The van der Waals surface area contributed by atoms with Gasteiger partial charge in [0.2, 0.25) is 0 Å². The van der Waals surface area contributed by atoms with Gasteiger partial charge in [-0.3, -0.25) is 4.79 Å². The van der Waals surface area contributed by atoms with Crippen LogP contribution in [0.2, 0.25) is 0 Å². The quantitative estimate of drug-likeness (QED) is 0.165. The molecule has 5 fully saturated rings. The summed E-state index contributed by atoms with van der Waals surface area (Å²) >= 11 is 0. The second-order valence-electron chi connectivity index (χ2n) is 15.7. The fourth-order valence-electron chi connectivity index (χ4n) is 8.63. The van der Waals surface area contributed by atoms with E-state index < -0.39 is 29.0 Å². The first-order chi connectivity index (χ1) is 22.3. The second-order valence-corrected chi connectivity index (χ2v) is 15.7. The van der Waals surface area contributed by atoms with Gasteiger partial charge < -0.3 is 33.9 Å². The minimum Gasteiger partial charge on any atom is -0.390 e. The van der Waals surface area contributed by atoms with E-state index in [1.54, 1.807) is 12.2 Å². The fourth-order valence-corrected chi connectivity index (χ4v) is 8.63. The summed E-state index contributed by atoms with van der Waals surface area (Å²) in [5.74, 6) is 0.294. The first-order valence-electron chi connectivity index (χ1n) is 18.1. The first kappa shape index (κ1) is 36.6. The van der Waals surface area contributed by atoms with E-state index in [9.17, 15) is 15.0 Å². The van der Waals surface area contributed by atoms with E-state index in [0.717, 1.165) is 68.8 Å². The highest BCUT2D eigenvalue weighted by Gasteiger charge is 2.58. The van der Waals surface area contributed by atoms with Crippen LogP contribution in [0.5, 0.6) is 0 Å². The average Bonchev–Trinajstić information content (AvgIpc) is 3.27. The molecule has 2 N–H and O–H groups in total. The van der Waals surface area contributed by atoms with Crippen LogP contribution >= 0.6 is 0 Å². The molecule has 8 nitrogen and oxygen atoms in total. The summed E-state index contributed by atoms with van der Waals surface area (Å²) in [5.41, 5.74) is -0.0535. The van der Waals surface area contributed by atoms with E-state index in [-0.39, 0.29) is 42.7 Å². The Balaban J connectivity index is 1.26. The van der Waals surface area contributed by atoms with Gasteiger partial charge >= 0.3 is 0 Å². The van der Waals surface area contributed by atoms with Crippen molar-refractivity contribution in [1.82, 2.24) is 0 Å². The topological polar surface area (TPSA) is 104 Å². The zero-order valence-corrected chi connectivity index (χ0v) is 29.6. The number of ether oxygens (including phenoxy) is 5. The number of hydrogen-bond donors (Lipinski definition) is 2. The van der Waals surface area contributed by atoms with E-state index in [4.69, 9.17) is 23.7 Å². The van der Waals surface area contributed by atoms with Gasteiger partial charge in [-0.2, -0.15) is 0 Å². The van der Waals surface area contributed by atoms with Gasteiger partial charge in [0, 0.05) is 12.8 Å². The predicted molar refractivity (Wildman–Crippen MR) is 182 cm³/mol. The third-order valence-corrected chi connectivity index (χ3v) is 11.9. The smallest absolute Gasteiger partial charge is 0.143 e. The maximum atomic E-state index is 11.7. The zero-order chi connectivity index (χ0) is 34.0. The number of rotatable bonds is 9. The van der Waals surface area contributed by atoms with E-state index >= 15 is 0 Å². The highest BCUT2D eigenvalue weighted by atomic mass is 16.6. The summed E-state index contributed by atoms with van der Waals surface area (Å²) in [5, 5.41) is 23.0. The molecule has 264 valence electrons. The fraction of sp³-hybridized carbons (Fsp3) is 0.769. The van der Waals surface area contributed by atoms with Crippen LogP contribution in [-0.4, -0.2) is 88.2 Å². The molecule has 0 radical (unpaired) electrons. The van der Waals surface area contributed by atoms with Crippen LogP contribution in [0, 0.1) is 5.92 Å². The van der Waals surface area contributed by atoms with Gasteiger partial charge in [0.05, 0.1) is 65.6 Å². The first-order valence-corrected chi connectivity index (χ1v) is 18.1. The summed E-state index contributed by atoms with van der Waals surface area (Å²) in [7, 11) is 0. The molecule has 5 saturated heterocycles. The van der Waals surface area contributed by atoms with Crippen molar-refractivity contribution in [2.75, 3.05) is 0 Å². The Morgan fingerprint density at radius 3 is 2.34 bits per heavy atom. The van der Waals surface area contributed by atoms with Crippen molar-refractivity contribution in [3.63, 3.8) is 0 Å². The highest BCUT2D eigenvalue weighted by molar-refractivity contribution is 5.67. The molecular formula is C39H60O8. The Hall–Kier alpha value is -1.65. The third kappa shape index (κ3) is 8.22. The molecule has 8 heteroatoms. The lowest BCUT2D eigenvalue weighted by Gasteiger charge is -2.49. The van der Waals surface area contributed by atoms with Crippen LogP contribution in [0.15, 0.2) is 48.1 Å². The molecule has 0 unspecified atom stereocenters. The number of carbonyl (C=O) groups excluding carboxylic acids is 1. The Morgan fingerprint density at radius 1 is 0.894 bits per heavy atom. The van der Waals surface area contributed by atoms with Crippen LogP contribution in [0.4, 0.5) is 0 Å². The molecule has 0 aromatic rings. The Bertz CT molecular complexity index is 1190. The number of carbonyl (C=O) groups is 1. The van der Waals surface area contributed by atoms with Crippen LogP contribution in [0.3, 0.4) is 0 Å². The van der Waals surface area contributed by atoms with Crippen molar-refractivity contribution in [2.24, 2.45) is 5.92 Å². The van der Waals surface area contributed by atoms with Crippen molar-refractivity contribution in [1.29, 1.82) is 0 Å². The van der Waals surface area contributed by atoms with Gasteiger partial charge in [0.15, 0.2) is 0 Å². The maximum absolute atomic E-state index is 11.7. The molecule has 0 spiro atoms. The van der Waals surface area contributed by atoms with Gasteiger partial charge in [-0.25, -0.2) is 0 Å². The number of aliphatic hydroxyl groups is 2. The Morgan fingerprint density at radius 2 is 1.60 bits per heavy atom. The van der Waals surface area contributed by atoms with Crippen LogP contribution in [0.25, 0.3) is 0 Å². The van der Waals surface area contributed by atoms with Crippen molar-refractivity contribution < 1.29 is 38.7 Å². The molecule has 13 atom stereocenters. The Labute approximate surface area is 282 Å². The lowest BCUT2D eigenvalue weighted by atomic mass is 9.79. The van der Waals surface area contributed by atoms with E-state index in [0.29, 0.717) is 25.2 Å². The molecule has 0 aliphatic carbocycles. The summed E-state index contributed by atoms with van der Waals surface area (Å²) in [4.78, 5) is 10.9. The van der Waals surface area contributed by atoms with Crippen LogP contribution < -0.4 is 0 Å². The van der Waals surface area contributed by atoms with Gasteiger partial charge in [0.25, 0.3) is 0 Å². The predicted octanol–water partition coefficient (Wildman–Crippen LogP) is 6.48. The molecule has 0 aromatic carbocycles. The van der Waals surface area contributed by atoms with Gasteiger partial charge in [-0.05, 0) is 110 Å². The van der Waals surface area contributed by atoms with Gasteiger partial charge in [-0.1, -0.05) is 43.4 Å². The standard InChI is InChI=1S/C39H60O8/c1-8-9-10-11-15-33-37(5,42)19-16-30-31(43-33)17-20-38(6)35(44-30)23-32-36(47-38)28(41)24-39(7)34(45-32)22-27(4)29(46-39)14-12-13-25(2)26(3)18-21-40/h8-10,13,18,21,27-36,41-42H,1,11-12,14-17,19-20,22-24H2,2-7H3/b10-9?,25-13+,26-18+/t27-,28-,29-,30+,31-,32+,33+,34-,35-,36-,37+,38+,39+/m0/s1. The van der Waals surface area contributed by atoms with Crippen molar-refractivity contribution in [3.05, 3.63) is 48.1 Å². The molecule has 0 amide bonds. The lowest BCUT2D eigenvalue weighted by Crippen LogP contribution is -2.59. The molecule has 5 rings (SSSR count). The monoisotopic (exact) mass is 656 g/mol. The number of fused-ring (bicyclic) bond motifs is 4. The summed E-state index contributed by atoms with van der Waals surface area (Å²) < 4.78 is 34.2. The van der Waals surface area contributed by atoms with Crippen LogP contribution in [-0.2, 0) is 28.5 Å². The molecule has 0 aromatic heterocycles. The van der Waals surface area contributed by atoms with Gasteiger partial charge in [0.1, 0.15) is 12.4 Å². The number of aldehydes is 1. The van der Waals surface area contributed by atoms with E-state index in [1.807, 2.05) is 26.8 Å². The second kappa shape index (κ2) is 15.1. The van der Waals surface area contributed by atoms with Crippen molar-refractivity contribution >= 4 is 6.29 Å². The Kier molecular flexibility index (Phi) is 11.7. The molecule has 5 aliphatic rings. The summed E-state index contributed by atoms with van der Waals surface area (Å²) in [6.07, 6.45) is 16.0. The van der Waals surface area contributed by atoms with Crippen molar-refractivity contribution in [3.8, 4) is 0 Å². The SMILES string of the molecule is C=CC=CCC[C@H]1O[C@H]2CC[C@@]3(C)O[C@H]4[C@@H](O)C[C@@]5(C)O[C@@H](CC/C=C(C)/C(C)=C/C=O)[C@@H](C)C[C@@H]5O[C@@H]4C[C@@H]3O[C@@H]2CC[C@@]1(C)O. The van der Waals surface area contributed by atoms with Crippen LogP contribution in [0.1, 0.15) is 112 Å². The number of hydrogen-bond acceptors (Lipinski definition) is 8. The van der Waals surface area contributed by atoms with Gasteiger partial charge in [-0.15, -0.1) is 0 Å². The molecule has 5 aliphatic heterocycles. The summed E-state index contributed by atoms with van der Waals surface area (Å²) in [6, 6.07) is 0. The number of allylic oxidation sites excluding steroid dienone is 7. The molecule has 5 heterocycles. The number of aliphatic hydroxyl groups excluding tert-OH is 1. The largest absolute Gasteiger partial charge is 0.390 e. The van der Waals surface area contributed by atoms with Crippen molar-refractivity contribution in [2.45, 2.75) is 184 Å². The lowest BCUT2D eigenvalue weighted by molar-refractivity contribution is -0.273. The van der Waals surface area contributed by atoms with E-state index in [1.165, 1.54) is 0 Å². The molecule has 47 heavy (non-hydrogen) atoms. The highest BCUT2D eigenvalue weighted by Crippen LogP contribution is 2.49.